The summed E-state index contributed by atoms with van der Waals surface area (Å²) in [5.41, 5.74) is 4.97. The Hall–Kier alpha value is -2.36. The highest BCUT2D eigenvalue weighted by atomic mass is 16.6. The van der Waals surface area contributed by atoms with Crippen LogP contribution in [0.1, 0.15) is 43.0 Å². The molecule has 4 heteroatoms. The molecule has 2 aliphatic rings. The Morgan fingerprint density at radius 1 is 1.22 bits per heavy atom. The summed E-state index contributed by atoms with van der Waals surface area (Å²) >= 11 is 0. The van der Waals surface area contributed by atoms with Gasteiger partial charge in [-0.2, -0.15) is 0 Å². The van der Waals surface area contributed by atoms with E-state index in [1.165, 1.54) is 11.1 Å². The van der Waals surface area contributed by atoms with Gasteiger partial charge in [0, 0.05) is 17.8 Å². The molecule has 1 heterocycles. The SMILES string of the molecule is CC1(C)c2cc([N+](=O)[O-])ccc2N[C@H]2c3ccccc3CC[C@H]21. The van der Waals surface area contributed by atoms with Crippen LogP contribution >= 0.6 is 0 Å². The van der Waals surface area contributed by atoms with Gasteiger partial charge < -0.3 is 5.32 Å². The Bertz CT molecular complexity index is 798. The van der Waals surface area contributed by atoms with E-state index in [4.69, 9.17) is 0 Å². The number of benzene rings is 2. The molecule has 1 N–H and O–H groups in total. The maximum Gasteiger partial charge on any atom is 0.269 e. The molecular weight excluding hydrogens is 288 g/mol. The summed E-state index contributed by atoms with van der Waals surface area (Å²) in [6.45, 7) is 4.45. The predicted molar refractivity (Wildman–Crippen MR) is 90.7 cm³/mol. The molecule has 1 aliphatic carbocycles. The average Bonchev–Trinajstić information content (AvgIpc) is 2.54. The maximum absolute atomic E-state index is 11.1. The fraction of sp³-hybridized carbons (Fsp3) is 0.368. The lowest BCUT2D eigenvalue weighted by Crippen LogP contribution is -2.43. The Balaban J connectivity index is 1.85. The first-order valence-corrected chi connectivity index (χ1v) is 8.12. The fourth-order valence-electron chi connectivity index (χ4n) is 4.39. The number of non-ortho nitro benzene ring substituents is 1. The number of aryl methyl sites for hydroxylation is 1. The van der Waals surface area contributed by atoms with E-state index in [-0.39, 0.29) is 22.1 Å². The number of hydrogen-bond acceptors (Lipinski definition) is 3. The molecule has 2 atom stereocenters. The quantitative estimate of drug-likeness (QED) is 0.618. The summed E-state index contributed by atoms with van der Waals surface area (Å²) in [5, 5.41) is 14.8. The van der Waals surface area contributed by atoms with E-state index >= 15 is 0 Å². The lowest BCUT2D eigenvalue weighted by Gasteiger charge is -2.49. The second-order valence-corrected chi connectivity index (χ2v) is 7.17. The average molecular weight is 308 g/mol. The molecule has 118 valence electrons. The minimum atomic E-state index is -0.307. The third-order valence-corrected chi connectivity index (χ3v) is 5.66. The van der Waals surface area contributed by atoms with E-state index in [1.807, 2.05) is 6.07 Å². The van der Waals surface area contributed by atoms with Crippen molar-refractivity contribution in [3.63, 3.8) is 0 Å². The highest BCUT2D eigenvalue weighted by Gasteiger charge is 2.45. The van der Waals surface area contributed by atoms with E-state index < -0.39 is 0 Å². The van der Waals surface area contributed by atoms with Gasteiger partial charge in [0.1, 0.15) is 0 Å². The summed E-state index contributed by atoms with van der Waals surface area (Å²) in [6, 6.07) is 14.1. The van der Waals surface area contributed by atoms with Crippen LogP contribution in [0, 0.1) is 16.0 Å². The van der Waals surface area contributed by atoms with Crippen LogP contribution in [-0.4, -0.2) is 4.92 Å². The molecule has 23 heavy (non-hydrogen) atoms. The van der Waals surface area contributed by atoms with Gasteiger partial charge in [0.05, 0.1) is 11.0 Å². The zero-order chi connectivity index (χ0) is 16.2. The molecule has 0 unspecified atom stereocenters. The largest absolute Gasteiger partial charge is 0.378 e. The minimum Gasteiger partial charge on any atom is -0.378 e. The summed E-state index contributed by atoms with van der Waals surface area (Å²) in [7, 11) is 0. The third-order valence-electron chi connectivity index (χ3n) is 5.66. The minimum absolute atomic E-state index is 0.0925. The van der Waals surface area contributed by atoms with Gasteiger partial charge in [-0.15, -0.1) is 0 Å². The molecule has 4 rings (SSSR count). The van der Waals surface area contributed by atoms with Gasteiger partial charge in [-0.3, -0.25) is 10.1 Å². The van der Waals surface area contributed by atoms with Crippen molar-refractivity contribution in [3.05, 3.63) is 69.3 Å². The first-order chi connectivity index (χ1) is 11.0. The number of nitro groups is 1. The van der Waals surface area contributed by atoms with Gasteiger partial charge >= 0.3 is 0 Å². The zero-order valence-electron chi connectivity index (χ0n) is 13.4. The van der Waals surface area contributed by atoms with E-state index in [1.54, 1.807) is 12.1 Å². The number of nitrogens with zero attached hydrogens (tertiary/aromatic N) is 1. The molecule has 0 amide bonds. The van der Waals surface area contributed by atoms with Crippen molar-refractivity contribution >= 4 is 11.4 Å². The Kier molecular flexibility index (Phi) is 2.98. The molecular formula is C19H20N2O2. The van der Waals surface area contributed by atoms with Crippen LogP contribution in [0.3, 0.4) is 0 Å². The normalized spacial score (nSPS) is 23.9. The molecule has 0 fully saturated rings. The molecule has 0 bridgehead atoms. The fourth-order valence-corrected chi connectivity index (χ4v) is 4.39. The number of anilines is 1. The number of nitrogens with one attached hydrogen (secondary N) is 1. The Morgan fingerprint density at radius 3 is 2.78 bits per heavy atom. The lowest BCUT2D eigenvalue weighted by atomic mass is 9.61. The van der Waals surface area contributed by atoms with Crippen molar-refractivity contribution in [1.29, 1.82) is 0 Å². The van der Waals surface area contributed by atoms with E-state index in [0.717, 1.165) is 24.1 Å². The third kappa shape index (κ3) is 2.05. The number of rotatable bonds is 1. The van der Waals surface area contributed by atoms with E-state index in [0.29, 0.717) is 5.92 Å². The summed E-state index contributed by atoms with van der Waals surface area (Å²) in [6.07, 6.45) is 2.18. The first-order valence-electron chi connectivity index (χ1n) is 8.12. The summed E-state index contributed by atoms with van der Waals surface area (Å²) in [5.74, 6) is 0.437. The lowest BCUT2D eigenvalue weighted by molar-refractivity contribution is -0.385. The topological polar surface area (TPSA) is 55.2 Å². The van der Waals surface area contributed by atoms with Gasteiger partial charge in [0.2, 0.25) is 0 Å². The van der Waals surface area contributed by atoms with Crippen LogP contribution in [-0.2, 0) is 11.8 Å². The highest BCUT2D eigenvalue weighted by molar-refractivity contribution is 5.63. The van der Waals surface area contributed by atoms with Crippen LogP contribution in [0.5, 0.6) is 0 Å². The number of fused-ring (bicyclic) bond motifs is 4. The van der Waals surface area contributed by atoms with Crippen LogP contribution in [0.2, 0.25) is 0 Å². The highest BCUT2D eigenvalue weighted by Crippen LogP contribution is 2.53. The van der Waals surface area contributed by atoms with E-state index in [9.17, 15) is 10.1 Å². The molecule has 0 spiro atoms. The second-order valence-electron chi connectivity index (χ2n) is 7.17. The van der Waals surface area contributed by atoms with Crippen LogP contribution in [0.25, 0.3) is 0 Å². The molecule has 4 nitrogen and oxygen atoms in total. The van der Waals surface area contributed by atoms with Gasteiger partial charge in [-0.25, -0.2) is 0 Å². The van der Waals surface area contributed by atoms with Gasteiger partial charge in [-0.1, -0.05) is 38.1 Å². The van der Waals surface area contributed by atoms with Crippen LogP contribution < -0.4 is 5.32 Å². The van der Waals surface area contributed by atoms with Crippen molar-refractivity contribution < 1.29 is 4.92 Å². The second kappa shape index (κ2) is 4.82. The van der Waals surface area contributed by atoms with Crippen LogP contribution in [0.15, 0.2) is 42.5 Å². The Morgan fingerprint density at radius 2 is 2.00 bits per heavy atom. The monoisotopic (exact) mass is 308 g/mol. The predicted octanol–water partition coefficient (Wildman–Crippen LogP) is 4.60. The van der Waals surface area contributed by atoms with Gasteiger partial charge in [0.15, 0.2) is 0 Å². The van der Waals surface area contributed by atoms with Gasteiger partial charge in [0.25, 0.3) is 5.69 Å². The summed E-state index contributed by atoms with van der Waals surface area (Å²) in [4.78, 5) is 10.8. The van der Waals surface area contributed by atoms with Crippen molar-refractivity contribution in [2.45, 2.75) is 38.1 Å². The molecule has 0 radical (unpaired) electrons. The smallest absolute Gasteiger partial charge is 0.269 e. The summed E-state index contributed by atoms with van der Waals surface area (Å²) < 4.78 is 0. The molecule has 1 aliphatic heterocycles. The molecule has 2 aromatic carbocycles. The van der Waals surface area contributed by atoms with Crippen molar-refractivity contribution in [2.75, 3.05) is 5.32 Å². The van der Waals surface area contributed by atoms with Crippen molar-refractivity contribution in [2.24, 2.45) is 5.92 Å². The van der Waals surface area contributed by atoms with Crippen LogP contribution in [0.4, 0.5) is 11.4 Å². The van der Waals surface area contributed by atoms with Gasteiger partial charge in [-0.05, 0) is 46.9 Å². The van der Waals surface area contributed by atoms with Crippen molar-refractivity contribution in [3.8, 4) is 0 Å². The zero-order valence-corrected chi connectivity index (χ0v) is 13.4. The van der Waals surface area contributed by atoms with Crippen molar-refractivity contribution in [1.82, 2.24) is 0 Å². The molecule has 0 saturated heterocycles. The molecule has 0 aromatic heterocycles. The van der Waals surface area contributed by atoms with E-state index in [2.05, 4.69) is 43.4 Å². The molecule has 2 aromatic rings. The number of nitro benzene ring substituents is 1. The maximum atomic E-state index is 11.1. The number of hydrogen-bond donors (Lipinski definition) is 1. The standard InChI is InChI=1S/C19H20N2O2/c1-19(2)15-9-7-12-5-3-4-6-14(12)18(15)20-17-10-8-13(21(22)23)11-16(17)19/h3-6,8,10-11,15,18,20H,7,9H2,1-2H3/t15-,18+/m1/s1. The Labute approximate surface area is 135 Å². The molecule has 0 saturated carbocycles. The first kappa shape index (κ1) is 14.2.